The van der Waals surface area contributed by atoms with E-state index in [0.717, 1.165) is 0 Å². The lowest BCUT2D eigenvalue weighted by Gasteiger charge is -2.10. The highest BCUT2D eigenvalue weighted by Crippen LogP contribution is 1.98. The van der Waals surface area contributed by atoms with Gasteiger partial charge in [-0.15, -0.1) is 0 Å². The lowest BCUT2D eigenvalue weighted by atomic mass is 10.1. The van der Waals surface area contributed by atoms with Gasteiger partial charge in [0.1, 0.15) is 12.5 Å². The van der Waals surface area contributed by atoms with E-state index in [1.807, 2.05) is 5.92 Å². The van der Waals surface area contributed by atoms with Gasteiger partial charge < -0.3 is 36.1 Å². The Balaban J connectivity index is -0.000000300. The summed E-state index contributed by atoms with van der Waals surface area (Å²) >= 11 is 0. The van der Waals surface area contributed by atoms with Gasteiger partial charge in [-0.05, 0) is 0 Å². The van der Waals surface area contributed by atoms with Crippen LogP contribution in [-0.2, 0) is 19.2 Å². The molecule has 0 bridgehead atoms. The van der Waals surface area contributed by atoms with Crippen molar-refractivity contribution < 1.29 is 55.3 Å². The molecule has 0 saturated heterocycles. The van der Waals surface area contributed by atoms with Gasteiger partial charge >= 0.3 is 23.9 Å². The molecule has 11 heteroatoms. The minimum atomic E-state index is -2.04. The first-order valence-corrected chi connectivity index (χ1v) is 4.82. The molecule has 0 saturated carbocycles. The molecule has 0 aromatic heterocycles. The number of carboxylic acids is 4. The van der Waals surface area contributed by atoms with Crippen LogP contribution in [0, 0.1) is 11.8 Å². The lowest BCUT2D eigenvalue weighted by Crippen LogP contribution is -2.35. The summed E-state index contributed by atoms with van der Waals surface area (Å²) in [7, 11) is 0. The second-order valence-corrected chi connectivity index (χ2v) is 3.13. The molecular formula is C10H14O11. The van der Waals surface area contributed by atoms with E-state index in [9.17, 15) is 19.2 Å². The highest BCUT2D eigenvalue weighted by Gasteiger charge is 2.25. The number of hydrogen-bond acceptors (Lipinski definition) is 6. The topological polar surface area (TPSA) is 221 Å². The van der Waals surface area contributed by atoms with E-state index < -0.39 is 48.9 Å². The third-order valence-corrected chi connectivity index (χ3v) is 1.44. The van der Waals surface area contributed by atoms with Gasteiger partial charge in [-0.25, -0.2) is 9.59 Å². The predicted molar refractivity (Wildman–Crippen MR) is 63.2 cm³/mol. The van der Waals surface area contributed by atoms with Crippen molar-refractivity contribution in [1.82, 2.24) is 0 Å². The quantitative estimate of drug-likeness (QED) is 0.282. The van der Waals surface area contributed by atoms with Crippen molar-refractivity contribution in [2.45, 2.75) is 25.0 Å². The first-order chi connectivity index (χ1) is 9.07. The van der Waals surface area contributed by atoms with Crippen LogP contribution in [0.4, 0.5) is 0 Å². The summed E-state index contributed by atoms with van der Waals surface area (Å²) in [5, 5.41) is 49.1. The second kappa shape index (κ2) is 12.4. The summed E-state index contributed by atoms with van der Waals surface area (Å²) in [5.41, 5.74) is 0. The molecule has 0 aliphatic carbocycles. The van der Waals surface area contributed by atoms with Crippen molar-refractivity contribution in [3.63, 3.8) is 0 Å². The van der Waals surface area contributed by atoms with E-state index in [4.69, 9.17) is 30.6 Å². The van der Waals surface area contributed by atoms with E-state index in [-0.39, 0.29) is 5.48 Å². The Bertz CT molecular complexity index is 430. The molecule has 0 heterocycles. The van der Waals surface area contributed by atoms with Gasteiger partial charge in [-0.3, -0.25) is 9.59 Å². The van der Waals surface area contributed by atoms with Crippen LogP contribution in [0.5, 0.6) is 0 Å². The normalized spacial score (nSPS) is 11.1. The van der Waals surface area contributed by atoms with Gasteiger partial charge in [0.25, 0.3) is 0 Å². The minimum absolute atomic E-state index is 0. The number of aliphatic hydroxyl groups is 2. The molecule has 0 spiro atoms. The van der Waals surface area contributed by atoms with E-state index in [1.54, 1.807) is 5.92 Å². The molecule has 120 valence electrons. The van der Waals surface area contributed by atoms with Gasteiger partial charge in [0.15, 0.2) is 6.10 Å². The molecule has 0 aliphatic heterocycles. The molecule has 0 aliphatic rings. The summed E-state index contributed by atoms with van der Waals surface area (Å²) in [4.78, 5) is 39.1. The van der Waals surface area contributed by atoms with Crippen LogP contribution in [0.15, 0.2) is 0 Å². The monoisotopic (exact) mass is 310 g/mol. The van der Waals surface area contributed by atoms with E-state index in [2.05, 4.69) is 0 Å². The molecule has 2 unspecified atom stereocenters. The van der Waals surface area contributed by atoms with Crippen LogP contribution < -0.4 is 0 Å². The summed E-state index contributed by atoms with van der Waals surface area (Å²) in [6.07, 6.45) is -5.00. The van der Waals surface area contributed by atoms with E-state index in [1.165, 1.54) is 0 Å². The summed E-state index contributed by atoms with van der Waals surface area (Å²) < 4.78 is 0. The van der Waals surface area contributed by atoms with Crippen molar-refractivity contribution in [2.75, 3.05) is 0 Å². The number of aliphatic carboxylic acids is 4. The molecule has 21 heavy (non-hydrogen) atoms. The van der Waals surface area contributed by atoms with Crippen LogP contribution in [-0.4, -0.2) is 72.2 Å². The summed E-state index contributed by atoms with van der Waals surface area (Å²) in [6, 6.07) is 0. The zero-order valence-corrected chi connectivity index (χ0v) is 10.4. The fraction of sp³-hybridized carbons (Fsp3) is 0.400. The Hall–Kier alpha value is -2.68. The Morgan fingerprint density at radius 1 is 0.905 bits per heavy atom. The van der Waals surface area contributed by atoms with Crippen molar-refractivity contribution >= 4 is 23.9 Å². The molecule has 0 aromatic carbocycles. The van der Waals surface area contributed by atoms with Gasteiger partial charge in [0.05, 0.1) is 6.42 Å². The van der Waals surface area contributed by atoms with Gasteiger partial charge in [0.2, 0.25) is 0 Å². The maximum atomic E-state index is 9.92. The van der Waals surface area contributed by atoms with Crippen molar-refractivity contribution in [3.05, 3.63) is 0 Å². The second-order valence-electron chi connectivity index (χ2n) is 3.13. The number of aliphatic hydroxyl groups excluding tert-OH is 2. The average Bonchev–Trinajstić information content (AvgIpc) is 2.26. The molecule has 0 rings (SSSR count). The Morgan fingerprint density at radius 3 is 1.67 bits per heavy atom. The Kier molecular flexibility index (Phi) is 13.8. The minimum Gasteiger partial charge on any atom is -0.481 e. The van der Waals surface area contributed by atoms with E-state index >= 15 is 0 Å². The maximum Gasteiger partial charge on any atom is 0.381 e. The molecule has 0 aromatic rings. The highest BCUT2D eigenvalue weighted by molar-refractivity contribution is 5.87. The fourth-order valence-corrected chi connectivity index (χ4v) is 0.651. The van der Waals surface area contributed by atoms with E-state index in [0.29, 0.717) is 0 Å². The van der Waals surface area contributed by atoms with Gasteiger partial charge in [-0.2, -0.15) is 0 Å². The largest absolute Gasteiger partial charge is 0.481 e. The zero-order valence-electron chi connectivity index (χ0n) is 10.4. The number of carboxylic acid groups (broad SMARTS) is 4. The van der Waals surface area contributed by atoms with Crippen LogP contribution in [0.25, 0.3) is 0 Å². The van der Waals surface area contributed by atoms with Crippen LogP contribution in [0.3, 0.4) is 0 Å². The number of rotatable bonds is 5. The standard InChI is InChI=1S/C5H8O6.C5H4O4.H2O/c6-2(1-3(7)8)4(9)5(10)11;6-4(7)2-1-3-5(8)9;/h2,4,6,9H,1H2,(H,7,8)(H,10,11);2H2,(H,6,7)(H,8,9);1H2. The Labute approximate surface area is 117 Å². The van der Waals surface area contributed by atoms with Crippen LogP contribution >= 0.6 is 0 Å². The fourth-order valence-electron chi connectivity index (χ4n) is 0.651. The molecular weight excluding hydrogens is 296 g/mol. The third kappa shape index (κ3) is 17.3. The third-order valence-electron chi connectivity index (χ3n) is 1.44. The molecule has 11 nitrogen and oxygen atoms in total. The Morgan fingerprint density at radius 2 is 1.38 bits per heavy atom. The lowest BCUT2D eigenvalue weighted by molar-refractivity contribution is -0.155. The molecule has 2 atom stereocenters. The summed E-state index contributed by atoms with van der Waals surface area (Å²) in [6.45, 7) is 0. The molecule has 8 N–H and O–H groups in total. The number of carbonyl (C=O) groups is 4. The van der Waals surface area contributed by atoms with Gasteiger partial charge in [-0.1, -0.05) is 5.92 Å². The first kappa shape index (κ1) is 23.4. The average molecular weight is 310 g/mol. The maximum absolute atomic E-state index is 9.92. The molecule has 0 radical (unpaired) electrons. The van der Waals surface area contributed by atoms with Gasteiger partial charge in [0, 0.05) is 5.92 Å². The smallest absolute Gasteiger partial charge is 0.381 e. The summed E-state index contributed by atoms with van der Waals surface area (Å²) in [5.74, 6) is -1.84. The van der Waals surface area contributed by atoms with Crippen molar-refractivity contribution in [2.24, 2.45) is 0 Å². The molecule has 0 amide bonds. The van der Waals surface area contributed by atoms with Crippen LogP contribution in [0.2, 0.25) is 0 Å². The first-order valence-electron chi connectivity index (χ1n) is 4.82. The number of hydrogen-bond donors (Lipinski definition) is 6. The SMILES string of the molecule is O.O=C(O)C#CCC(=O)O.O=C(O)CC(O)C(O)C(=O)O. The highest BCUT2D eigenvalue weighted by atomic mass is 16.4. The predicted octanol–water partition coefficient (Wildman–Crippen LogP) is -3.01. The van der Waals surface area contributed by atoms with Crippen molar-refractivity contribution in [1.29, 1.82) is 0 Å². The van der Waals surface area contributed by atoms with Crippen LogP contribution in [0.1, 0.15) is 12.8 Å². The molecule has 0 fully saturated rings. The zero-order chi connectivity index (χ0) is 16.3. The van der Waals surface area contributed by atoms with Crippen molar-refractivity contribution in [3.8, 4) is 11.8 Å².